The molecule has 0 bridgehead atoms. The molecule has 4 nitrogen and oxygen atoms in total. The number of nitrogens with one attached hydrogen (secondary N) is 1. The molecule has 17 heavy (non-hydrogen) atoms. The Balaban J connectivity index is 2.05. The average Bonchev–Trinajstić information content (AvgIpc) is 2.73. The number of rotatable bonds is 1. The molecule has 0 amide bonds. The third-order valence-corrected chi connectivity index (χ3v) is 3.79. The highest BCUT2D eigenvalue weighted by Crippen LogP contribution is 2.29. The SMILES string of the molecule is NC1(c2nc3ccc(Br)cc3[nH]2)CCOCC1. The van der Waals surface area contributed by atoms with Crippen molar-refractivity contribution < 1.29 is 4.74 Å². The van der Waals surface area contributed by atoms with Crippen LogP contribution in [0.2, 0.25) is 0 Å². The fourth-order valence-corrected chi connectivity index (χ4v) is 2.55. The lowest BCUT2D eigenvalue weighted by Gasteiger charge is -2.31. The van der Waals surface area contributed by atoms with Crippen molar-refractivity contribution in [1.82, 2.24) is 9.97 Å². The van der Waals surface area contributed by atoms with Crippen LogP contribution in [-0.4, -0.2) is 23.2 Å². The predicted molar refractivity (Wildman–Crippen MR) is 69.7 cm³/mol. The lowest BCUT2D eigenvalue weighted by molar-refractivity contribution is 0.0496. The summed E-state index contributed by atoms with van der Waals surface area (Å²) in [6.45, 7) is 1.41. The lowest BCUT2D eigenvalue weighted by Crippen LogP contribution is -2.43. The first-order valence-electron chi connectivity index (χ1n) is 5.70. The highest BCUT2D eigenvalue weighted by Gasteiger charge is 2.33. The van der Waals surface area contributed by atoms with Crippen LogP contribution in [0.25, 0.3) is 11.0 Å². The van der Waals surface area contributed by atoms with Crippen LogP contribution >= 0.6 is 15.9 Å². The van der Waals surface area contributed by atoms with Crippen LogP contribution in [0.1, 0.15) is 18.7 Å². The van der Waals surface area contributed by atoms with Crippen LogP contribution in [0.3, 0.4) is 0 Å². The molecule has 1 aliphatic heterocycles. The topological polar surface area (TPSA) is 63.9 Å². The van der Waals surface area contributed by atoms with Crippen molar-refractivity contribution >= 4 is 27.0 Å². The van der Waals surface area contributed by atoms with Gasteiger partial charge in [-0.05, 0) is 31.0 Å². The smallest absolute Gasteiger partial charge is 0.127 e. The summed E-state index contributed by atoms with van der Waals surface area (Å²) in [5.41, 5.74) is 8.00. The highest BCUT2D eigenvalue weighted by atomic mass is 79.9. The molecular formula is C12H14BrN3O. The van der Waals surface area contributed by atoms with Crippen molar-refractivity contribution in [2.45, 2.75) is 18.4 Å². The summed E-state index contributed by atoms with van der Waals surface area (Å²) in [5.74, 6) is 0.869. The van der Waals surface area contributed by atoms with E-state index in [9.17, 15) is 0 Å². The van der Waals surface area contributed by atoms with Crippen LogP contribution < -0.4 is 5.73 Å². The molecule has 0 unspecified atom stereocenters. The summed E-state index contributed by atoms with van der Waals surface area (Å²) in [6.07, 6.45) is 1.63. The summed E-state index contributed by atoms with van der Waals surface area (Å²) in [4.78, 5) is 7.92. The second-order valence-corrected chi connectivity index (χ2v) is 5.43. The van der Waals surface area contributed by atoms with Crippen LogP contribution in [-0.2, 0) is 10.3 Å². The first-order chi connectivity index (χ1) is 8.17. The summed E-state index contributed by atoms with van der Waals surface area (Å²) in [5, 5.41) is 0. The third kappa shape index (κ3) is 1.99. The minimum atomic E-state index is -0.371. The molecule has 0 aliphatic carbocycles. The number of nitrogens with zero attached hydrogens (tertiary/aromatic N) is 1. The van der Waals surface area contributed by atoms with Gasteiger partial charge in [-0.3, -0.25) is 0 Å². The maximum atomic E-state index is 6.40. The van der Waals surface area contributed by atoms with E-state index in [0.29, 0.717) is 13.2 Å². The van der Waals surface area contributed by atoms with E-state index < -0.39 is 0 Å². The monoisotopic (exact) mass is 295 g/mol. The number of hydrogen-bond acceptors (Lipinski definition) is 3. The van der Waals surface area contributed by atoms with Crippen LogP contribution in [0.4, 0.5) is 0 Å². The van der Waals surface area contributed by atoms with Crippen molar-refractivity contribution in [1.29, 1.82) is 0 Å². The van der Waals surface area contributed by atoms with Crippen molar-refractivity contribution in [2.24, 2.45) is 5.73 Å². The van der Waals surface area contributed by atoms with Crippen LogP contribution in [0, 0.1) is 0 Å². The molecule has 1 saturated heterocycles. The normalized spacial score (nSPS) is 19.6. The number of aromatic nitrogens is 2. The largest absolute Gasteiger partial charge is 0.381 e. The zero-order chi connectivity index (χ0) is 11.9. The van der Waals surface area contributed by atoms with Gasteiger partial charge in [-0.2, -0.15) is 0 Å². The average molecular weight is 296 g/mol. The number of imidazole rings is 1. The fourth-order valence-electron chi connectivity index (χ4n) is 2.19. The number of halogens is 1. The molecule has 1 aliphatic rings. The minimum Gasteiger partial charge on any atom is -0.381 e. The Bertz CT molecular complexity index is 546. The van der Waals surface area contributed by atoms with Gasteiger partial charge < -0.3 is 15.5 Å². The van der Waals surface area contributed by atoms with E-state index in [2.05, 4.69) is 25.9 Å². The van der Waals surface area contributed by atoms with Crippen LogP contribution in [0.5, 0.6) is 0 Å². The van der Waals surface area contributed by atoms with Gasteiger partial charge in [0.05, 0.1) is 16.6 Å². The number of H-pyrrole nitrogens is 1. The lowest BCUT2D eigenvalue weighted by atomic mass is 9.91. The molecule has 90 valence electrons. The van der Waals surface area contributed by atoms with Gasteiger partial charge in [-0.1, -0.05) is 15.9 Å². The molecule has 2 aromatic rings. The van der Waals surface area contributed by atoms with E-state index in [1.807, 2.05) is 18.2 Å². The Hall–Kier alpha value is -0.910. The minimum absolute atomic E-state index is 0.371. The zero-order valence-electron chi connectivity index (χ0n) is 9.37. The fraction of sp³-hybridized carbons (Fsp3) is 0.417. The molecule has 5 heteroatoms. The molecule has 1 aromatic carbocycles. The van der Waals surface area contributed by atoms with Gasteiger partial charge in [0.25, 0.3) is 0 Å². The molecule has 0 radical (unpaired) electrons. The number of fused-ring (bicyclic) bond motifs is 1. The molecule has 1 fully saturated rings. The Kier molecular flexibility index (Phi) is 2.69. The third-order valence-electron chi connectivity index (χ3n) is 3.30. The van der Waals surface area contributed by atoms with Gasteiger partial charge in [0.15, 0.2) is 0 Å². The molecular weight excluding hydrogens is 282 g/mol. The van der Waals surface area contributed by atoms with Crippen molar-refractivity contribution in [3.8, 4) is 0 Å². The van der Waals surface area contributed by atoms with Gasteiger partial charge >= 0.3 is 0 Å². The van der Waals surface area contributed by atoms with Crippen molar-refractivity contribution in [2.75, 3.05) is 13.2 Å². The maximum Gasteiger partial charge on any atom is 0.127 e. The van der Waals surface area contributed by atoms with Crippen LogP contribution in [0.15, 0.2) is 22.7 Å². The van der Waals surface area contributed by atoms with E-state index in [-0.39, 0.29) is 5.54 Å². The maximum absolute atomic E-state index is 6.40. The predicted octanol–water partition coefficient (Wildman–Crippen LogP) is 2.29. The Morgan fingerprint density at radius 3 is 2.88 bits per heavy atom. The van der Waals surface area contributed by atoms with E-state index in [1.165, 1.54) is 0 Å². The Morgan fingerprint density at radius 2 is 2.12 bits per heavy atom. The molecule has 2 heterocycles. The Labute approximate surface area is 108 Å². The summed E-state index contributed by atoms with van der Waals surface area (Å²) in [7, 11) is 0. The second kappa shape index (κ2) is 4.08. The highest BCUT2D eigenvalue weighted by molar-refractivity contribution is 9.10. The van der Waals surface area contributed by atoms with Gasteiger partial charge in [0, 0.05) is 17.7 Å². The molecule has 0 spiro atoms. The van der Waals surface area contributed by atoms with E-state index in [4.69, 9.17) is 10.5 Å². The second-order valence-electron chi connectivity index (χ2n) is 4.52. The molecule has 1 aromatic heterocycles. The van der Waals surface area contributed by atoms with Crippen molar-refractivity contribution in [3.05, 3.63) is 28.5 Å². The zero-order valence-corrected chi connectivity index (χ0v) is 11.0. The molecule has 0 atom stereocenters. The van der Waals surface area contributed by atoms with E-state index >= 15 is 0 Å². The number of ether oxygens (including phenoxy) is 1. The van der Waals surface area contributed by atoms with Gasteiger partial charge in [0.1, 0.15) is 5.82 Å². The van der Waals surface area contributed by atoms with Crippen molar-refractivity contribution in [3.63, 3.8) is 0 Å². The molecule has 0 saturated carbocycles. The Morgan fingerprint density at radius 1 is 1.35 bits per heavy atom. The first-order valence-corrected chi connectivity index (χ1v) is 6.49. The number of hydrogen-bond donors (Lipinski definition) is 2. The number of benzene rings is 1. The molecule has 3 rings (SSSR count). The summed E-state index contributed by atoms with van der Waals surface area (Å²) < 4.78 is 6.39. The van der Waals surface area contributed by atoms with E-state index in [1.54, 1.807) is 0 Å². The van der Waals surface area contributed by atoms with E-state index in [0.717, 1.165) is 34.2 Å². The first kappa shape index (κ1) is 11.2. The van der Waals surface area contributed by atoms with Gasteiger partial charge in [0.2, 0.25) is 0 Å². The van der Waals surface area contributed by atoms with Gasteiger partial charge in [-0.25, -0.2) is 4.98 Å². The summed E-state index contributed by atoms with van der Waals surface area (Å²) in [6, 6.07) is 6.00. The standard InChI is InChI=1S/C12H14BrN3O/c13-8-1-2-9-10(7-8)16-11(15-9)12(14)3-5-17-6-4-12/h1-2,7H,3-6,14H2,(H,15,16). The van der Waals surface area contributed by atoms with Gasteiger partial charge in [-0.15, -0.1) is 0 Å². The molecule has 3 N–H and O–H groups in total. The number of nitrogens with two attached hydrogens (primary N) is 1. The summed E-state index contributed by atoms with van der Waals surface area (Å²) >= 11 is 3.45. The number of aromatic amines is 1. The quantitative estimate of drug-likeness (QED) is 0.848.